The molecule has 1 unspecified atom stereocenters. The first-order chi connectivity index (χ1) is 9.97. The molecule has 0 radical (unpaired) electrons. The fourth-order valence-corrected chi connectivity index (χ4v) is 1.94. The van der Waals surface area contributed by atoms with Gasteiger partial charge in [-0.15, -0.1) is 0 Å². The van der Waals surface area contributed by atoms with Crippen molar-refractivity contribution in [1.82, 2.24) is 5.32 Å². The molecule has 1 amide bonds. The molecule has 114 valence electrons. The molecule has 1 saturated carbocycles. The third-order valence-electron chi connectivity index (χ3n) is 3.52. The number of nitrogens with one attached hydrogen (secondary N) is 1. The molecule has 1 aliphatic carbocycles. The van der Waals surface area contributed by atoms with Gasteiger partial charge in [0.25, 0.3) is 5.91 Å². The number of hydrogen-bond acceptors (Lipinski definition) is 3. The molecule has 0 saturated heterocycles. The molecule has 2 rings (SSSR count). The Kier molecular flexibility index (Phi) is 4.83. The van der Waals surface area contributed by atoms with Crippen LogP contribution in [0.1, 0.15) is 37.0 Å². The van der Waals surface area contributed by atoms with Crippen molar-refractivity contribution in [2.75, 3.05) is 6.61 Å². The lowest BCUT2D eigenvalue weighted by Gasteiger charge is -2.18. The Morgan fingerprint density at radius 1 is 1.29 bits per heavy atom. The summed E-state index contributed by atoms with van der Waals surface area (Å²) in [4.78, 5) is 23.1. The minimum absolute atomic E-state index is 0.174. The second-order valence-corrected chi connectivity index (χ2v) is 5.81. The average Bonchev–Trinajstić information content (AvgIpc) is 3.26. The highest BCUT2D eigenvalue weighted by atomic mass is 16.5. The number of carboxylic acids is 1. The van der Waals surface area contributed by atoms with Crippen molar-refractivity contribution in [3.8, 4) is 5.75 Å². The van der Waals surface area contributed by atoms with Crippen molar-refractivity contribution in [1.29, 1.82) is 0 Å². The van der Waals surface area contributed by atoms with E-state index in [0.29, 0.717) is 11.5 Å². The Balaban J connectivity index is 1.93. The Morgan fingerprint density at radius 3 is 2.38 bits per heavy atom. The molecule has 1 fully saturated rings. The van der Waals surface area contributed by atoms with Crippen LogP contribution in [0, 0.1) is 11.8 Å². The normalized spacial score (nSPS) is 15.6. The summed E-state index contributed by atoms with van der Waals surface area (Å²) in [7, 11) is 0. The van der Waals surface area contributed by atoms with Crippen LogP contribution >= 0.6 is 0 Å². The quantitative estimate of drug-likeness (QED) is 0.808. The van der Waals surface area contributed by atoms with Crippen molar-refractivity contribution < 1.29 is 19.4 Å². The standard InChI is InChI=1S/C16H21NO4/c1-10(2)14(16(19)20)17-15(18)12-5-7-13(8-6-12)21-9-11-3-4-11/h5-8,10-11,14H,3-4,9H2,1-2H3,(H,17,18)(H,19,20). The lowest BCUT2D eigenvalue weighted by Crippen LogP contribution is -2.44. The first kappa shape index (κ1) is 15.4. The van der Waals surface area contributed by atoms with Crippen LogP contribution in [0.3, 0.4) is 0 Å². The fraction of sp³-hybridized carbons (Fsp3) is 0.500. The molecule has 0 heterocycles. The van der Waals surface area contributed by atoms with Crippen molar-refractivity contribution in [3.63, 3.8) is 0 Å². The van der Waals surface area contributed by atoms with Crippen LogP contribution < -0.4 is 10.1 Å². The Labute approximate surface area is 124 Å². The van der Waals surface area contributed by atoms with E-state index in [1.165, 1.54) is 12.8 Å². The van der Waals surface area contributed by atoms with Crippen LogP contribution in [0.2, 0.25) is 0 Å². The molecule has 1 atom stereocenters. The summed E-state index contributed by atoms with van der Waals surface area (Å²) in [5.74, 6) is -0.174. The molecule has 0 aliphatic heterocycles. The molecule has 2 N–H and O–H groups in total. The number of benzene rings is 1. The van der Waals surface area contributed by atoms with Gasteiger partial charge in [0.1, 0.15) is 11.8 Å². The van der Waals surface area contributed by atoms with Crippen LogP contribution in [0.4, 0.5) is 0 Å². The van der Waals surface area contributed by atoms with E-state index >= 15 is 0 Å². The number of rotatable bonds is 7. The summed E-state index contributed by atoms with van der Waals surface area (Å²) < 4.78 is 5.60. The largest absolute Gasteiger partial charge is 0.493 e. The number of carboxylic acid groups (broad SMARTS) is 1. The molecule has 1 aromatic rings. The van der Waals surface area contributed by atoms with E-state index in [0.717, 1.165) is 12.4 Å². The summed E-state index contributed by atoms with van der Waals surface area (Å²) in [6.45, 7) is 4.24. The maximum Gasteiger partial charge on any atom is 0.326 e. The third-order valence-corrected chi connectivity index (χ3v) is 3.52. The van der Waals surface area contributed by atoms with Gasteiger partial charge in [-0.3, -0.25) is 4.79 Å². The zero-order chi connectivity index (χ0) is 15.4. The highest BCUT2D eigenvalue weighted by Crippen LogP contribution is 2.29. The van der Waals surface area contributed by atoms with E-state index in [4.69, 9.17) is 9.84 Å². The van der Waals surface area contributed by atoms with Gasteiger partial charge in [0, 0.05) is 5.56 Å². The molecule has 5 heteroatoms. The lowest BCUT2D eigenvalue weighted by molar-refractivity contribution is -0.140. The first-order valence-electron chi connectivity index (χ1n) is 7.24. The molecule has 0 aromatic heterocycles. The van der Waals surface area contributed by atoms with Crippen LogP contribution in [-0.4, -0.2) is 29.6 Å². The minimum atomic E-state index is -1.03. The van der Waals surface area contributed by atoms with Crippen LogP contribution in [0.5, 0.6) is 5.75 Å². The molecule has 1 aliphatic rings. The molecule has 21 heavy (non-hydrogen) atoms. The van der Waals surface area contributed by atoms with Gasteiger partial charge in [-0.2, -0.15) is 0 Å². The summed E-state index contributed by atoms with van der Waals surface area (Å²) in [5.41, 5.74) is 0.431. The lowest BCUT2D eigenvalue weighted by atomic mass is 10.0. The molecule has 1 aromatic carbocycles. The number of amides is 1. The fourth-order valence-electron chi connectivity index (χ4n) is 1.94. The van der Waals surface area contributed by atoms with Crippen LogP contribution in [0.25, 0.3) is 0 Å². The van der Waals surface area contributed by atoms with Crippen LogP contribution in [-0.2, 0) is 4.79 Å². The number of aliphatic carboxylic acids is 1. The Morgan fingerprint density at radius 2 is 1.90 bits per heavy atom. The monoisotopic (exact) mass is 291 g/mol. The number of carbonyl (C=O) groups excluding carboxylic acids is 1. The predicted molar refractivity (Wildman–Crippen MR) is 78.4 cm³/mol. The highest BCUT2D eigenvalue weighted by Gasteiger charge is 2.24. The molecule has 0 spiro atoms. The van der Waals surface area contributed by atoms with Crippen molar-refractivity contribution >= 4 is 11.9 Å². The van der Waals surface area contributed by atoms with E-state index in [-0.39, 0.29) is 11.8 Å². The van der Waals surface area contributed by atoms with Gasteiger partial charge in [0.2, 0.25) is 0 Å². The SMILES string of the molecule is CC(C)C(NC(=O)c1ccc(OCC2CC2)cc1)C(=O)O. The minimum Gasteiger partial charge on any atom is -0.493 e. The van der Waals surface area contributed by atoms with Gasteiger partial charge >= 0.3 is 5.97 Å². The van der Waals surface area contributed by atoms with Gasteiger partial charge in [-0.25, -0.2) is 4.79 Å². The number of hydrogen-bond donors (Lipinski definition) is 2. The van der Waals surface area contributed by atoms with Crippen molar-refractivity contribution in [2.45, 2.75) is 32.7 Å². The zero-order valence-corrected chi connectivity index (χ0v) is 12.3. The summed E-state index contributed by atoms with van der Waals surface area (Å²) in [6, 6.07) is 5.89. The maximum absolute atomic E-state index is 12.0. The van der Waals surface area contributed by atoms with Crippen molar-refractivity contribution in [2.24, 2.45) is 11.8 Å². The van der Waals surface area contributed by atoms with E-state index in [2.05, 4.69) is 5.32 Å². The van der Waals surface area contributed by atoms with Gasteiger partial charge in [-0.1, -0.05) is 13.8 Å². The second-order valence-electron chi connectivity index (χ2n) is 5.81. The summed E-state index contributed by atoms with van der Waals surface area (Å²) in [6.07, 6.45) is 2.46. The number of ether oxygens (including phenoxy) is 1. The number of carbonyl (C=O) groups is 2. The van der Waals surface area contributed by atoms with E-state index < -0.39 is 12.0 Å². The first-order valence-corrected chi connectivity index (χ1v) is 7.24. The molecule has 5 nitrogen and oxygen atoms in total. The molecular weight excluding hydrogens is 270 g/mol. The highest BCUT2D eigenvalue weighted by molar-refractivity contribution is 5.96. The van der Waals surface area contributed by atoms with Crippen molar-refractivity contribution in [3.05, 3.63) is 29.8 Å². The average molecular weight is 291 g/mol. The van der Waals surface area contributed by atoms with Gasteiger partial charge in [0.15, 0.2) is 0 Å². The van der Waals surface area contributed by atoms with Gasteiger partial charge in [0.05, 0.1) is 6.61 Å². The topological polar surface area (TPSA) is 75.6 Å². The molecule has 0 bridgehead atoms. The molecular formula is C16H21NO4. The van der Waals surface area contributed by atoms with E-state index in [1.54, 1.807) is 38.1 Å². The van der Waals surface area contributed by atoms with E-state index in [1.807, 2.05) is 0 Å². The van der Waals surface area contributed by atoms with Crippen LogP contribution in [0.15, 0.2) is 24.3 Å². The van der Waals surface area contributed by atoms with E-state index in [9.17, 15) is 9.59 Å². The second kappa shape index (κ2) is 6.61. The summed E-state index contributed by atoms with van der Waals surface area (Å²) in [5, 5.41) is 11.6. The predicted octanol–water partition coefficient (Wildman–Crippen LogP) is 2.31. The summed E-state index contributed by atoms with van der Waals surface area (Å²) >= 11 is 0. The smallest absolute Gasteiger partial charge is 0.326 e. The maximum atomic E-state index is 12.0. The third kappa shape index (κ3) is 4.48. The Hall–Kier alpha value is -2.04. The van der Waals surface area contributed by atoms with Gasteiger partial charge in [-0.05, 0) is 48.9 Å². The van der Waals surface area contributed by atoms with Gasteiger partial charge < -0.3 is 15.2 Å². The zero-order valence-electron chi connectivity index (χ0n) is 12.3. The Bertz CT molecular complexity index is 506.